The fourth-order valence-electron chi connectivity index (χ4n) is 2.68. The molecule has 0 saturated carbocycles. The zero-order chi connectivity index (χ0) is 21.0. The van der Waals surface area contributed by atoms with Crippen LogP contribution in [0, 0.1) is 24.0 Å². The summed E-state index contributed by atoms with van der Waals surface area (Å²) < 4.78 is 6.72. The van der Waals surface area contributed by atoms with Crippen LogP contribution in [0.3, 0.4) is 0 Å². The van der Waals surface area contributed by atoms with Gasteiger partial charge in [0.1, 0.15) is 5.69 Å². The molecule has 1 N–H and O–H groups in total. The molecule has 2 aromatic carbocycles. The normalized spacial score (nSPS) is 10.4. The van der Waals surface area contributed by atoms with E-state index in [1.165, 1.54) is 12.1 Å². The van der Waals surface area contributed by atoms with E-state index in [1.54, 1.807) is 48.1 Å². The van der Waals surface area contributed by atoms with E-state index in [0.717, 1.165) is 11.4 Å². The number of benzene rings is 2. The monoisotopic (exact) mass is 394 g/mol. The lowest BCUT2D eigenvalue weighted by Crippen LogP contribution is -2.21. The number of nitrogens with one attached hydrogen (secondary N) is 1. The van der Waals surface area contributed by atoms with E-state index < -0.39 is 23.4 Å². The number of anilines is 1. The summed E-state index contributed by atoms with van der Waals surface area (Å²) in [6, 6.07) is 12.9. The number of amides is 1. The molecule has 9 heteroatoms. The third-order valence-electron chi connectivity index (χ3n) is 4.14. The standard InChI is InChI=1S/C20H18N4O5/c1-13-3-8-17(18(11-13)24(27)28)22-19(25)12-29-20(26)15-4-6-16(7-5-15)23-14(2)9-10-21-23/h3-11H,12H2,1-2H3,(H,22,25). The van der Waals surface area contributed by atoms with E-state index in [1.807, 2.05) is 13.0 Å². The topological polar surface area (TPSA) is 116 Å². The maximum atomic E-state index is 12.2. The zero-order valence-electron chi connectivity index (χ0n) is 15.8. The number of rotatable bonds is 6. The molecule has 0 fully saturated rings. The Hall–Kier alpha value is -4.01. The molecule has 148 valence electrons. The maximum absolute atomic E-state index is 12.2. The van der Waals surface area contributed by atoms with Gasteiger partial charge in [0.2, 0.25) is 0 Å². The Balaban J connectivity index is 1.60. The summed E-state index contributed by atoms with van der Waals surface area (Å²) in [5, 5.41) is 17.7. The van der Waals surface area contributed by atoms with Crippen LogP contribution in [-0.2, 0) is 9.53 Å². The van der Waals surface area contributed by atoms with Crippen molar-refractivity contribution in [2.75, 3.05) is 11.9 Å². The molecule has 1 amide bonds. The summed E-state index contributed by atoms with van der Waals surface area (Å²) in [6.07, 6.45) is 1.68. The summed E-state index contributed by atoms with van der Waals surface area (Å²) in [5.41, 5.74) is 2.51. The van der Waals surface area contributed by atoms with Gasteiger partial charge in [-0.05, 0) is 55.8 Å². The second kappa shape index (κ2) is 8.34. The average molecular weight is 394 g/mol. The van der Waals surface area contributed by atoms with Crippen LogP contribution in [0.15, 0.2) is 54.7 Å². The van der Waals surface area contributed by atoms with Crippen LogP contribution in [-0.4, -0.2) is 33.2 Å². The number of hydrogen-bond donors (Lipinski definition) is 1. The summed E-state index contributed by atoms with van der Waals surface area (Å²) in [7, 11) is 0. The predicted octanol–water partition coefficient (Wildman–Crippen LogP) is 3.19. The fourth-order valence-corrected chi connectivity index (χ4v) is 2.68. The number of nitro benzene ring substituents is 1. The Morgan fingerprint density at radius 2 is 1.86 bits per heavy atom. The third kappa shape index (κ3) is 4.64. The first-order valence-electron chi connectivity index (χ1n) is 8.68. The van der Waals surface area contributed by atoms with Gasteiger partial charge in [-0.2, -0.15) is 5.10 Å². The molecule has 3 aromatic rings. The molecule has 1 aromatic heterocycles. The molecule has 0 aliphatic carbocycles. The van der Waals surface area contributed by atoms with Crippen molar-refractivity contribution in [2.24, 2.45) is 0 Å². The minimum absolute atomic E-state index is 0.0422. The Labute approximate surface area is 166 Å². The molecule has 0 bridgehead atoms. The highest BCUT2D eigenvalue weighted by Gasteiger charge is 2.17. The van der Waals surface area contributed by atoms with Gasteiger partial charge in [-0.3, -0.25) is 14.9 Å². The fraction of sp³-hybridized carbons (Fsp3) is 0.150. The van der Waals surface area contributed by atoms with Crippen LogP contribution in [0.2, 0.25) is 0 Å². The number of aromatic nitrogens is 2. The molecule has 0 spiro atoms. The minimum atomic E-state index is -0.678. The van der Waals surface area contributed by atoms with Gasteiger partial charge in [0.05, 0.1) is 16.2 Å². The molecule has 0 radical (unpaired) electrons. The molecule has 9 nitrogen and oxygen atoms in total. The number of aryl methyl sites for hydroxylation is 2. The number of hydrogen-bond acceptors (Lipinski definition) is 6. The van der Waals surface area contributed by atoms with Gasteiger partial charge >= 0.3 is 5.97 Å². The maximum Gasteiger partial charge on any atom is 0.338 e. The SMILES string of the molecule is Cc1ccc(NC(=O)COC(=O)c2ccc(-n3nccc3C)cc2)c([N+](=O)[O-])c1. The second-order valence-corrected chi connectivity index (χ2v) is 6.33. The van der Waals surface area contributed by atoms with Crippen LogP contribution < -0.4 is 5.32 Å². The largest absolute Gasteiger partial charge is 0.452 e. The number of ether oxygens (including phenoxy) is 1. The Bertz CT molecular complexity index is 1070. The molecule has 0 atom stereocenters. The third-order valence-corrected chi connectivity index (χ3v) is 4.14. The average Bonchev–Trinajstić information content (AvgIpc) is 3.13. The molecule has 3 rings (SSSR count). The molecule has 0 unspecified atom stereocenters. The molecule has 0 saturated heterocycles. The molecule has 1 heterocycles. The summed E-state index contributed by atoms with van der Waals surface area (Å²) in [6.45, 7) is 3.05. The van der Waals surface area contributed by atoms with Gasteiger partial charge in [-0.15, -0.1) is 0 Å². The van der Waals surface area contributed by atoms with Crippen LogP contribution in [0.1, 0.15) is 21.6 Å². The van der Waals surface area contributed by atoms with E-state index in [9.17, 15) is 19.7 Å². The van der Waals surface area contributed by atoms with Crippen molar-refractivity contribution in [3.8, 4) is 5.69 Å². The number of carbonyl (C=O) groups is 2. The van der Waals surface area contributed by atoms with Gasteiger partial charge in [-0.25, -0.2) is 9.48 Å². The van der Waals surface area contributed by atoms with Crippen LogP contribution in [0.4, 0.5) is 11.4 Å². The van der Waals surface area contributed by atoms with E-state index >= 15 is 0 Å². The van der Waals surface area contributed by atoms with E-state index in [0.29, 0.717) is 5.56 Å². The van der Waals surface area contributed by atoms with Crippen molar-refractivity contribution < 1.29 is 19.2 Å². The molecule has 29 heavy (non-hydrogen) atoms. The molecular formula is C20H18N4O5. The summed E-state index contributed by atoms with van der Waals surface area (Å²) in [5.74, 6) is -1.35. The Morgan fingerprint density at radius 1 is 1.14 bits per heavy atom. The second-order valence-electron chi connectivity index (χ2n) is 6.33. The minimum Gasteiger partial charge on any atom is -0.452 e. The van der Waals surface area contributed by atoms with Gasteiger partial charge in [0.15, 0.2) is 6.61 Å². The number of esters is 1. The van der Waals surface area contributed by atoms with Crippen molar-refractivity contribution in [1.29, 1.82) is 0 Å². The van der Waals surface area contributed by atoms with E-state index in [2.05, 4.69) is 10.4 Å². The van der Waals surface area contributed by atoms with Crippen LogP contribution in [0.5, 0.6) is 0 Å². The summed E-state index contributed by atoms with van der Waals surface area (Å²) in [4.78, 5) is 34.7. The van der Waals surface area contributed by atoms with Crippen molar-refractivity contribution in [1.82, 2.24) is 9.78 Å². The van der Waals surface area contributed by atoms with Crippen molar-refractivity contribution >= 4 is 23.3 Å². The highest BCUT2D eigenvalue weighted by atomic mass is 16.6. The van der Waals surface area contributed by atoms with Gasteiger partial charge in [0.25, 0.3) is 11.6 Å². The number of nitro groups is 1. The predicted molar refractivity (Wildman–Crippen MR) is 105 cm³/mol. The van der Waals surface area contributed by atoms with E-state index in [4.69, 9.17) is 4.74 Å². The highest BCUT2D eigenvalue weighted by molar-refractivity contribution is 5.96. The van der Waals surface area contributed by atoms with Crippen molar-refractivity contribution in [2.45, 2.75) is 13.8 Å². The first-order valence-corrected chi connectivity index (χ1v) is 8.68. The number of carbonyl (C=O) groups excluding carboxylic acids is 2. The van der Waals surface area contributed by atoms with Crippen LogP contribution >= 0.6 is 0 Å². The molecule has 0 aliphatic rings. The van der Waals surface area contributed by atoms with Crippen LogP contribution in [0.25, 0.3) is 5.69 Å². The van der Waals surface area contributed by atoms with E-state index in [-0.39, 0.29) is 16.9 Å². The lowest BCUT2D eigenvalue weighted by atomic mass is 10.2. The number of nitrogens with zero attached hydrogens (tertiary/aromatic N) is 3. The lowest BCUT2D eigenvalue weighted by molar-refractivity contribution is -0.384. The van der Waals surface area contributed by atoms with Crippen molar-refractivity contribution in [3.63, 3.8) is 0 Å². The van der Waals surface area contributed by atoms with Gasteiger partial charge < -0.3 is 10.1 Å². The lowest BCUT2D eigenvalue weighted by Gasteiger charge is -2.08. The zero-order valence-corrected chi connectivity index (χ0v) is 15.8. The quantitative estimate of drug-likeness (QED) is 0.390. The van der Waals surface area contributed by atoms with Gasteiger partial charge in [-0.1, -0.05) is 6.07 Å². The Kier molecular flexibility index (Phi) is 5.68. The summed E-state index contributed by atoms with van der Waals surface area (Å²) >= 11 is 0. The smallest absolute Gasteiger partial charge is 0.338 e. The highest BCUT2D eigenvalue weighted by Crippen LogP contribution is 2.25. The van der Waals surface area contributed by atoms with Gasteiger partial charge in [0, 0.05) is 18.0 Å². The molecular weight excluding hydrogens is 376 g/mol. The molecule has 0 aliphatic heterocycles. The first kappa shape index (κ1) is 19.7. The first-order chi connectivity index (χ1) is 13.8. The Morgan fingerprint density at radius 3 is 2.48 bits per heavy atom. The van der Waals surface area contributed by atoms with Crippen molar-refractivity contribution in [3.05, 3.63) is 81.7 Å².